The zero-order valence-corrected chi connectivity index (χ0v) is 9.69. The van der Waals surface area contributed by atoms with Crippen molar-refractivity contribution in [2.75, 3.05) is 6.54 Å². The van der Waals surface area contributed by atoms with E-state index in [1.807, 2.05) is 0 Å². The van der Waals surface area contributed by atoms with E-state index in [4.69, 9.17) is 0 Å². The first-order valence-electron chi connectivity index (χ1n) is 5.82. The number of hydrogen-bond donors (Lipinski definition) is 1. The Hall–Kier alpha value is -0.0400. The van der Waals surface area contributed by atoms with E-state index in [1.54, 1.807) is 0 Å². The molecular formula is C12H25N. The van der Waals surface area contributed by atoms with Crippen molar-refractivity contribution in [3.8, 4) is 0 Å². The van der Waals surface area contributed by atoms with Crippen LogP contribution in [0.2, 0.25) is 0 Å². The average molecular weight is 183 g/mol. The van der Waals surface area contributed by atoms with Crippen LogP contribution in [0.3, 0.4) is 0 Å². The van der Waals surface area contributed by atoms with Crippen LogP contribution in [0, 0.1) is 11.3 Å². The molecule has 0 spiro atoms. The van der Waals surface area contributed by atoms with Crippen LogP contribution in [0.5, 0.6) is 0 Å². The minimum Gasteiger partial charge on any atom is -0.311 e. The predicted octanol–water partition coefficient (Wildman–Crippen LogP) is 3.20. The van der Waals surface area contributed by atoms with E-state index in [2.05, 4.69) is 33.0 Å². The number of nitrogens with one attached hydrogen (secondary N) is 1. The number of hydrogen-bond acceptors (Lipinski definition) is 1. The van der Waals surface area contributed by atoms with Crippen molar-refractivity contribution in [1.29, 1.82) is 0 Å². The lowest BCUT2D eigenvalue weighted by atomic mass is 9.72. The Kier molecular flexibility index (Phi) is 3.78. The summed E-state index contributed by atoms with van der Waals surface area (Å²) >= 11 is 0. The van der Waals surface area contributed by atoms with Crippen LogP contribution in [0.25, 0.3) is 0 Å². The van der Waals surface area contributed by atoms with E-state index in [-0.39, 0.29) is 0 Å². The van der Waals surface area contributed by atoms with Gasteiger partial charge in [-0.2, -0.15) is 0 Å². The summed E-state index contributed by atoms with van der Waals surface area (Å²) in [4.78, 5) is 0. The molecule has 1 aliphatic heterocycles. The van der Waals surface area contributed by atoms with Crippen molar-refractivity contribution < 1.29 is 0 Å². The monoisotopic (exact) mass is 183 g/mol. The highest BCUT2D eigenvalue weighted by Crippen LogP contribution is 2.38. The maximum Gasteiger partial charge on any atom is 0.0198 e. The van der Waals surface area contributed by atoms with E-state index < -0.39 is 0 Å². The van der Waals surface area contributed by atoms with Gasteiger partial charge in [0.15, 0.2) is 0 Å². The summed E-state index contributed by atoms with van der Waals surface area (Å²) in [6.07, 6.45) is 5.51. The van der Waals surface area contributed by atoms with Crippen LogP contribution in [0.1, 0.15) is 53.4 Å². The molecule has 0 radical (unpaired) electrons. The van der Waals surface area contributed by atoms with Gasteiger partial charge in [0.25, 0.3) is 0 Å². The first-order chi connectivity index (χ1) is 6.08. The van der Waals surface area contributed by atoms with Crippen LogP contribution >= 0.6 is 0 Å². The fraction of sp³-hybridized carbons (Fsp3) is 1.00. The molecule has 1 heteroatoms. The molecular weight excluding hydrogens is 158 g/mol. The fourth-order valence-electron chi connectivity index (χ4n) is 2.00. The topological polar surface area (TPSA) is 21.9 Å². The molecule has 1 rings (SSSR count). The third kappa shape index (κ3) is 3.30. The van der Waals surface area contributed by atoms with Crippen LogP contribution in [-0.4, -0.2) is 12.6 Å². The summed E-state index contributed by atoms with van der Waals surface area (Å²) in [7, 11) is 0. The molecule has 2 atom stereocenters. The van der Waals surface area contributed by atoms with Crippen molar-refractivity contribution in [2.24, 2.45) is 11.3 Å². The van der Waals surface area contributed by atoms with Crippen molar-refractivity contribution in [1.82, 2.24) is 5.32 Å². The minimum atomic E-state index is 0.574. The molecule has 0 amide bonds. The summed E-state index contributed by atoms with van der Waals surface area (Å²) in [6, 6.07) is 0.837. The maximum atomic E-state index is 3.42. The summed E-state index contributed by atoms with van der Waals surface area (Å²) in [5, 5.41) is 3.42. The Morgan fingerprint density at radius 2 is 2.08 bits per heavy atom. The largest absolute Gasteiger partial charge is 0.311 e. The summed E-state index contributed by atoms with van der Waals surface area (Å²) in [5.41, 5.74) is 0.574. The maximum absolute atomic E-state index is 3.42. The van der Waals surface area contributed by atoms with Crippen molar-refractivity contribution in [3.63, 3.8) is 0 Å². The first-order valence-corrected chi connectivity index (χ1v) is 5.82. The van der Waals surface area contributed by atoms with Gasteiger partial charge in [0, 0.05) is 12.6 Å². The number of rotatable bonds is 6. The van der Waals surface area contributed by atoms with Gasteiger partial charge in [0.05, 0.1) is 0 Å². The second-order valence-corrected chi connectivity index (χ2v) is 5.22. The second kappa shape index (κ2) is 4.45. The van der Waals surface area contributed by atoms with Gasteiger partial charge in [-0.3, -0.25) is 0 Å². The molecule has 1 N–H and O–H groups in total. The number of unbranched alkanes of at least 4 members (excludes halogenated alkanes) is 1. The van der Waals surface area contributed by atoms with Crippen molar-refractivity contribution in [3.05, 3.63) is 0 Å². The fourth-order valence-corrected chi connectivity index (χ4v) is 2.00. The van der Waals surface area contributed by atoms with Gasteiger partial charge >= 0.3 is 0 Å². The van der Waals surface area contributed by atoms with E-state index in [0.717, 1.165) is 12.0 Å². The third-order valence-electron chi connectivity index (χ3n) is 3.70. The van der Waals surface area contributed by atoms with Gasteiger partial charge in [-0.05, 0) is 24.2 Å². The quantitative estimate of drug-likeness (QED) is 0.628. The van der Waals surface area contributed by atoms with Crippen LogP contribution in [0.4, 0.5) is 0 Å². The normalized spacial score (nSPS) is 26.1. The van der Waals surface area contributed by atoms with Crippen molar-refractivity contribution in [2.45, 2.75) is 59.4 Å². The Morgan fingerprint density at radius 3 is 2.46 bits per heavy atom. The molecule has 1 heterocycles. The Morgan fingerprint density at radius 1 is 1.46 bits per heavy atom. The molecule has 0 bridgehead atoms. The van der Waals surface area contributed by atoms with Crippen LogP contribution < -0.4 is 5.32 Å². The van der Waals surface area contributed by atoms with E-state index in [1.165, 1.54) is 32.2 Å². The Labute approximate surface area is 83.3 Å². The molecule has 1 nitrogen and oxygen atoms in total. The molecule has 0 aromatic carbocycles. The van der Waals surface area contributed by atoms with Gasteiger partial charge in [0.2, 0.25) is 0 Å². The third-order valence-corrected chi connectivity index (χ3v) is 3.70. The lowest BCUT2D eigenvalue weighted by molar-refractivity contribution is 0.175. The smallest absolute Gasteiger partial charge is 0.0198 e. The minimum absolute atomic E-state index is 0.574. The highest BCUT2D eigenvalue weighted by atomic mass is 15.1. The van der Waals surface area contributed by atoms with Crippen molar-refractivity contribution >= 4 is 0 Å². The zero-order chi connectivity index (χ0) is 9.90. The Balaban J connectivity index is 2.40. The standard InChI is InChI=1S/C12H25N/c1-5-6-7-12(4,10(2)3)8-11-9-13-11/h10-11,13H,5-9H2,1-4H3. The summed E-state index contributed by atoms with van der Waals surface area (Å²) in [6.45, 7) is 10.8. The van der Waals surface area contributed by atoms with Gasteiger partial charge in [-0.25, -0.2) is 0 Å². The molecule has 0 aliphatic carbocycles. The molecule has 13 heavy (non-hydrogen) atoms. The highest BCUT2D eigenvalue weighted by Gasteiger charge is 2.34. The molecule has 1 aliphatic rings. The van der Waals surface area contributed by atoms with Gasteiger partial charge < -0.3 is 5.32 Å². The molecule has 0 saturated carbocycles. The lowest BCUT2D eigenvalue weighted by Crippen LogP contribution is -2.26. The second-order valence-electron chi connectivity index (χ2n) is 5.22. The zero-order valence-electron chi connectivity index (χ0n) is 9.69. The van der Waals surface area contributed by atoms with E-state index in [9.17, 15) is 0 Å². The molecule has 0 aromatic rings. The average Bonchev–Trinajstić information content (AvgIpc) is 2.84. The SMILES string of the molecule is CCCCC(C)(CC1CN1)C(C)C. The summed E-state index contributed by atoms with van der Waals surface area (Å²) < 4.78 is 0. The van der Waals surface area contributed by atoms with Crippen LogP contribution in [-0.2, 0) is 0 Å². The summed E-state index contributed by atoms with van der Waals surface area (Å²) in [5.74, 6) is 0.821. The van der Waals surface area contributed by atoms with Gasteiger partial charge in [-0.15, -0.1) is 0 Å². The van der Waals surface area contributed by atoms with Gasteiger partial charge in [-0.1, -0.05) is 40.5 Å². The highest BCUT2D eigenvalue weighted by molar-refractivity contribution is 4.91. The molecule has 1 saturated heterocycles. The van der Waals surface area contributed by atoms with Gasteiger partial charge in [0.1, 0.15) is 0 Å². The predicted molar refractivity (Wildman–Crippen MR) is 58.9 cm³/mol. The van der Waals surface area contributed by atoms with Crippen LogP contribution in [0.15, 0.2) is 0 Å². The lowest BCUT2D eigenvalue weighted by Gasteiger charge is -2.34. The Bertz CT molecular complexity index is 149. The first kappa shape index (κ1) is 11.0. The molecule has 0 aromatic heterocycles. The molecule has 78 valence electrons. The van der Waals surface area contributed by atoms with E-state index >= 15 is 0 Å². The molecule has 2 unspecified atom stereocenters. The van der Waals surface area contributed by atoms with E-state index in [0.29, 0.717) is 5.41 Å². The molecule has 1 fully saturated rings.